The Morgan fingerprint density at radius 1 is 0.911 bits per heavy atom. The van der Waals surface area contributed by atoms with Crippen LogP contribution in [0.25, 0.3) is 0 Å². The largest absolute Gasteiger partial charge is 0.349 e. The molecule has 0 aliphatic carbocycles. The van der Waals surface area contributed by atoms with Crippen molar-refractivity contribution in [2.45, 2.75) is 43.6 Å². The van der Waals surface area contributed by atoms with Crippen LogP contribution in [0.15, 0.2) is 113 Å². The number of hydrogen-bond donors (Lipinski definition) is 1. The van der Waals surface area contributed by atoms with Crippen molar-refractivity contribution in [3.8, 4) is 0 Å². The van der Waals surface area contributed by atoms with Crippen LogP contribution in [0.2, 0.25) is 0 Å². The fourth-order valence-electron chi connectivity index (χ4n) is 5.16. The Morgan fingerprint density at radius 2 is 1.64 bits per heavy atom. The second-order valence-corrected chi connectivity index (χ2v) is 12.4. The first kappa shape index (κ1) is 30.4. The minimum absolute atomic E-state index is 0.0861. The van der Waals surface area contributed by atoms with Crippen LogP contribution in [0.1, 0.15) is 39.9 Å². The van der Waals surface area contributed by atoms with E-state index in [0.717, 1.165) is 33.7 Å². The molecule has 0 spiro atoms. The van der Waals surface area contributed by atoms with Gasteiger partial charge in [-0.1, -0.05) is 90.6 Å². The summed E-state index contributed by atoms with van der Waals surface area (Å²) < 4.78 is 15.7. The maximum Gasteiger partial charge on any atom is 0.253 e. The van der Waals surface area contributed by atoms with E-state index in [9.17, 15) is 14.0 Å². The zero-order valence-corrected chi connectivity index (χ0v) is 26.0. The number of hydrogen-bond acceptors (Lipinski definition) is 7. The highest BCUT2D eigenvalue weighted by atomic mass is 32.2. The molecule has 11 heteroatoms. The van der Waals surface area contributed by atoms with Gasteiger partial charge in [-0.15, -0.1) is 21.5 Å². The van der Waals surface area contributed by atoms with Gasteiger partial charge in [-0.25, -0.2) is 9.40 Å². The highest BCUT2D eigenvalue weighted by Gasteiger charge is 2.33. The summed E-state index contributed by atoms with van der Waals surface area (Å²) in [6.07, 6.45) is 1.55. The summed E-state index contributed by atoms with van der Waals surface area (Å²) in [7, 11) is 0. The van der Waals surface area contributed by atoms with Gasteiger partial charge in [0.25, 0.3) is 5.91 Å². The lowest BCUT2D eigenvalue weighted by Gasteiger charge is -2.22. The third-order valence-corrected chi connectivity index (χ3v) is 9.33. The lowest BCUT2D eigenvalue weighted by Crippen LogP contribution is -2.29. The van der Waals surface area contributed by atoms with Crippen LogP contribution in [-0.4, -0.2) is 43.1 Å². The third kappa shape index (κ3) is 7.73. The van der Waals surface area contributed by atoms with Gasteiger partial charge < -0.3 is 9.88 Å². The monoisotopic (exact) mass is 638 g/mol. The average molecular weight is 639 g/mol. The first-order valence-electron chi connectivity index (χ1n) is 14.6. The molecule has 5 aromatic rings. The Hall–Kier alpha value is -4.61. The molecule has 2 amide bonds. The van der Waals surface area contributed by atoms with E-state index in [0.29, 0.717) is 23.9 Å². The van der Waals surface area contributed by atoms with Crippen molar-refractivity contribution in [2.24, 2.45) is 5.10 Å². The molecule has 8 nitrogen and oxygen atoms in total. The molecule has 45 heavy (non-hydrogen) atoms. The van der Waals surface area contributed by atoms with E-state index in [4.69, 9.17) is 5.10 Å². The number of hydrazone groups is 1. The molecular formula is C34H31FN6O2S2. The van der Waals surface area contributed by atoms with E-state index in [-0.39, 0.29) is 42.4 Å². The maximum absolute atomic E-state index is 13.7. The summed E-state index contributed by atoms with van der Waals surface area (Å²) in [5.74, 6) is 0.0831. The summed E-state index contributed by atoms with van der Waals surface area (Å²) in [4.78, 5) is 27.4. The van der Waals surface area contributed by atoms with Gasteiger partial charge >= 0.3 is 0 Å². The number of carbonyl (C=O) groups excluding carboxylic acids is 2. The van der Waals surface area contributed by atoms with Crippen molar-refractivity contribution in [3.63, 3.8) is 0 Å². The van der Waals surface area contributed by atoms with E-state index >= 15 is 0 Å². The van der Waals surface area contributed by atoms with E-state index in [1.165, 1.54) is 28.9 Å². The molecule has 0 radical (unpaired) electrons. The van der Waals surface area contributed by atoms with Crippen LogP contribution >= 0.6 is 23.1 Å². The number of amides is 2. The Bertz CT molecular complexity index is 1760. The predicted octanol–water partition coefficient (Wildman–Crippen LogP) is 6.05. The van der Waals surface area contributed by atoms with Crippen LogP contribution in [0.5, 0.6) is 0 Å². The number of halogens is 1. The Morgan fingerprint density at radius 3 is 2.36 bits per heavy atom. The summed E-state index contributed by atoms with van der Waals surface area (Å²) >= 11 is 2.87. The minimum atomic E-state index is -0.331. The molecule has 0 saturated carbocycles. The maximum atomic E-state index is 13.7. The molecular weight excluding hydrogens is 608 g/mol. The Kier molecular flexibility index (Phi) is 9.77. The van der Waals surface area contributed by atoms with Gasteiger partial charge in [0.2, 0.25) is 5.91 Å². The van der Waals surface area contributed by atoms with E-state index in [2.05, 4.69) is 27.6 Å². The molecule has 228 valence electrons. The molecule has 2 aromatic heterocycles. The minimum Gasteiger partial charge on any atom is -0.349 e. The number of nitrogens with one attached hydrogen (secondary N) is 1. The molecule has 1 aliphatic rings. The van der Waals surface area contributed by atoms with E-state index in [1.54, 1.807) is 23.5 Å². The highest BCUT2D eigenvalue weighted by Crippen LogP contribution is 2.34. The molecule has 0 bridgehead atoms. The molecule has 1 aliphatic heterocycles. The first-order valence-corrected chi connectivity index (χ1v) is 16.5. The number of carbonyl (C=O) groups is 2. The second-order valence-electron chi connectivity index (χ2n) is 10.5. The molecule has 6 rings (SSSR count). The summed E-state index contributed by atoms with van der Waals surface area (Å²) in [6.45, 7) is 0.801. The summed E-state index contributed by atoms with van der Waals surface area (Å²) in [6, 6.07) is 29.5. The van der Waals surface area contributed by atoms with Gasteiger partial charge in [-0.3, -0.25) is 9.59 Å². The molecule has 1 N–H and O–H groups in total. The second kappa shape index (κ2) is 14.4. The van der Waals surface area contributed by atoms with Crippen molar-refractivity contribution in [2.75, 3.05) is 5.75 Å². The molecule has 0 unspecified atom stereocenters. The van der Waals surface area contributed by atoms with Crippen molar-refractivity contribution in [3.05, 3.63) is 136 Å². The average Bonchev–Trinajstić information content (AvgIpc) is 3.83. The van der Waals surface area contributed by atoms with Gasteiger partial charge in [0.15, 0.2) is 11.0 Å². The van der Waals surface area contributed by atoms with Crippen molar-refractivity contribution < 1.29 is 14.0 Å². The predicted molar refractivity (Wildman–Crippen MR) is 174 cm³/mol. The fourth-order valence-corrected chi connectivity index (χ4v) is 6.71. The van der Waals surface area contributed by atoms with E-state index < -0.39 is 0 Å². The Balaban J connectivity index is 1.17. The van der Waals surface area contributed by atoms with Crippen molar-refractivity contribution in [1.29, 1.82) is 0 Å². The van der Waals surface area contributed by atoms with Crippen LogP contribution < -0.4 is 5.32 Å². The molecule has 0 saturated heterocycles. The number of nitrogens with zero attached hydrogens (tertiary/aromatic N) is 5. The van der Waals surface area contributed by atoms with Gasteiger partial charge in [0, 0.05) is 13.0 Å². The molecule has 3 aromatic carbocycles. The number of thiophene rings is 1. The van der Waals surface area contributed by atoms with Gasteiger partial charge in [0.1, 0.15) is 5.82 Å². The smallest absolute Gasteiger partial charge is 0.253 e. The van der Waals surface area contributed by atoms with Crippen LogP contribution in [0.4, 0.5) is 4.39 Å². The third-order valence-electron chi connectivity index (χ3n) is 7.46. The SMILES string of the molecule is O=C(Cc1ccccc1)NCc1nnc(SCC(=O)N2N=C(c3cccs3)C[C@H]2c2ccc(F)cc2)n1CCc1ccccc1. The zero-order chi connectivity index (χ0) is 31.0. The number of rotatable bonds is 12. The zero-order valence-electron chi connectivity index (χ0n) is 24.4. The summed E-state index contributed by atoms with van der Waals surface area (Å²) in [5, 5.41) is 20.6. The number of aromatic nitrogens is 3. The standard InChI is InChI=1S/C34H31FN6O2S2/c35-27-15-13-26(14-16-27)29-21-28(30-12-7-19-44-30)39-41(29)33(43)23-45-34-38-37-31(40(34)18-17-24-8-3-1-4-9-24)22-36-32(42)20-25-10-5-2-6-11-25/h1-16,19,29H,17-18,20-23H2,(H,36,42)/t29-/m0/s1. The molecule has 3 heterocycles. The van der Waals surface area contributed by atoms with Gasteiger partial charge in [0.05, 0.1) is 35.3 Å². The molecule has 0 fully saturated rings. The van der Waals surface area contributed by atoms with E-state index in [1.807, 2.05) is 70.6 Å². The van der Waals surface area contributed by atoms with Crippen molar-refractivity contribution in [1.82, 2.24) is 25.1 Å². The summed E-state index contributed by atoms with van der Waals surface area (Å²) in [5.41, 5.74) is 3.75. The topological polar surface area (TPSA) is 92.5 Å². The lowest BCUT2D eigenvalue weighted by molar-refractivity contribution is -0.130. The fraction of sp³-hybridized carbons (Fsp3) is 0.206. The number of benzene rings is 3. The first-order chi connectivity index (χ1) is 22.0. The lowest BCUT2D eigenvalue weighted by atomic mass is 10.0. The van der Waals surface area contributed by atoms with Crippen molar-refractivity contribution >= 4 is 40.6 Å². The van der Waals surface area contributed by atoms with Crippen LogP contribution in [-0.2, 0) is 35.5 Å². The highest BCUT2D eigenvalue weighted by molar-refractivity contribution is 7.99. The van der Waals surface area contributed by atoms with Gasteiger partial charge in [-0.05, 0) is 46.7 Å². The molecule has 1 atom stereocenters. The normalized spacial score (nSPS) is 14.4. The number of aryl methyl sites for hydroxylation is 1. The van der Waals surface area contributed by atoms with Crippen LogP contribution in [0.3, 0.4) is 0 Å². The Labute approximate surface area is 269 Å². The van der Waals surface area contributed by atoms with Crippen LogP contribution in [0, 0.1) is 5.82 Å². The quantitative estimate of drug-likeness (QED) is 0.168. The van der Waals surface area contributed by atoms with Gasteiger partial charge in [-0.2, -0.15) is 5.10 Å². The number of thioether (sulfide) groups is 1.